The summed E-state index contributed by atoms with van der Waals surface area (Å²) in [4.78, 5) is 39.3. The first-order valence-electron chi connectivity index (χ1n) is 9.16. The van der Waals surface area contributed by atoms with Crippen LogP contribution in [-0.4, -0.2) is 38.2 Å². The van der Waals surface area contributed by atoms with Gasteiger partial charge >= 0.3 is 11.1 Å². The van der Waals surface area contributed by atoms with Crippen LogP contribution >= 0.6 is 0 Å². The van der Waals surface area contributed by atoms with Crippen molar-refractivity contribution < 1.29 is 4.79 Å². The molecule has 7 heteroatoms. The van der Waals surface area contributed by atoms with Crippen molar-refractivity contribution in [1.82, 2.24) is 19.2 Å². The number of likely N-dealkylation sites (tertiary alicyclic amines) is 1. The van der Waals surface area contributed by atoms with E-state index in [2.05, 4.69) is 5.10 Å². The van der Waals surface area contributed by atoms with Crippen molar-refractivity contribution in [3.05, 3.63) is 62.4 Å². The first-order valence-corrected chi connectivity index (χ1v) is 9.16. The Labute approximate surface area is 149 Å². The van der Waals surface area contributed by atoms with Crippen LogP contribution in [0.25, 0.3) is 0 Å². The minimum absolute atomic E-state index is 0.0491. The minimum atomic E-state index is -0.580. The molecule has 1 saturated heterocycles. The molecule has 1 amide bonds. The number of amides is 1. The molecule has 3 heterocycles. The predicted octanol–water partition coefficient (Wildman–Crippen LogP) is 0.419. The largest absolute Gasteiger partial charge is 0.341 e. The highest BCUT2D eigenvalue weighted by atomic mass is 16.2. The third-order valence-electron chi connectivity index (χ3n) is 5.77. The van der Waals surface area contributed by atoms with Crippen LogP contribution in [0.15, 0.2) is 39.9 Å². The van der Waals surface area contributed by atoms with Gasteiger partial charge in [0.15, 0.2) is 0 Å². The maximum atomic E-state index is 12.5. The summed E-state index contributed by atoms with van der Waals surface area (Å²) in [7, 11) is 0. The number of fused-ring (bicyclic) bond motifs is 3. The van der Waals surface area contributed by atoms with Gasteiger partial charge in [-0.3, -0.25) is 19.0 Å². The fourth-order valence-corrected chi connectivity index (χ4v) is 4.22. The second-order valence-corrected chi connectivity index (χ2v) is 7.61. The summed E-state index contributed by atoms with van der Waals surface area (Å²) in [6.45, 7) is 2.04. The van der Waals surface area contributed by atoms with Crippen molar-refractivity contribution in [2.45, 2.75) is 31.8 Å². The van der Waals surface area contributed by atoms with E-state index in [0.29, 0.717) is 25.5 Å². The molecule has 3 aliphatic rings. The molecule has 5 rings (SSSR count). The van der Waals surface area contributed by atoms with Crippen molar-refractivity contribution in [3.63, 3.8) is 0 Å². The lowest BCUT2D eigenvalue weighted by Crippen LogP contribution is -2.44. The van der Waals surface area contributed by atoms with Crippen molar-refractivity contribution in [2.24, 2.45) is 11.8 Å². The van der Waals surface area contributed by atoms with E-state index < -0.39 is 11.1 Å². The molecule has 0 spiro atoms. The molecule has 1 saturated carbocycles. The molecule has 1 aromatic heterocycles. The van der Waals surface area contributed by atoms with Gasteiger partial charge in [0.2, 0.25) is 5.91 Å². The summed E-state index contributed by atoms with van der Waals surface area (Å²) < 4.78 is 2.80. The molecule has 0 unspecified atom stereocenters. The Morgan fingerprint density at radius 1 is 1.04 bits per heavy atom. The smallest absolute Gasteiger partial charge is 0.332 e. The van der Waals surface area contributed by atoms with Crippen LogP contribution in [-0.2, 0) is 17.9 Å². The predicted molar refractivity (Wildman–Crippen MR) is 93.8 cm³/mol. The van der Waals surface area contributed by atoms with E-state index in [-0.39, 0.29) is 30.2 Å². The van der Waals surface area contributed by atoms with E-state index in [1.807, 2.05) is 35.2 Å². The quantitative estimate of drug-likeness (QED) is 0.750. The Morgan fingerprint density at radius 2 is 1.81 bits per heavy atom. The second kappa shape index (κ2) is 5.65. The highest BCUT2D eigenvalue weighted by molar-refractivity contribution is 5.81. The molecule has 2 aromatic rings. The number of benzene rings is 1. The lowest BCUT2D eigenvalue weighted by molar-refractivity contribution is -0.131. The molecule has 134 valence electrons. The third kappa shape index (κ3) is 2.41. The number of nitrogens with zero attached hydrogens (tertiary/aromatic N) is 4. The maximum Gasteiger partial charge on any atom is 0.332 e. The molecule has 7 nitrogen and oxygen atoms in total. The van der Waals surface area contributed by atoms with Gasteiger partial charge in [-0.2, -0.15) is 5.10 Å². The minimum Gasteiger partial charge on any atom is -0.341 e. The second-order valence-electron chi connectivity index (χ2n) is 7.61. The highest BCUT2D eigenvalue weighted by Gasteiger charge is 2.46. The van der Waals surface area contributed by atoms with Crippen LogP contribution in [0.1, 0.15) is 30.1 Å². The molecule has 2 aliphatic heterocycles. The van der Waals surface area contributed by atoms with Crippen molar-refractivity contribution in [2.75, 3.05) is 13.1 Å². The number of hydrogen-bond acceptors (Lipinski definition) is 4. The van der Waals surface area contributed by atoms with Crippen molar-refractivity contribution >= 4 is 5.91 Å². The lowest BCUT2D eigenvalue weighted by atomic mass is 10.00. The van der Waals surface area contributed by atoms with Gasteiger partial charge < -0.3 is 4.90 Å². The number of carbonyl (C=O) groups is 1. The highest BCUT2D eigenvalue weighted by Crippen LogP contribution is 2.40. The van der Waals surface area contributed by atoms with E-state index >= 15 is 0 Å². The third-order valence-corrected chi connectivity index (χ3v) is 5.77. The van der Waals surface area contributed by atoms with Crippen molar-refractivity contribution in [3.8, 4) is 0 Å². The molecule has 26 heavy (non-hydrogen) atoms. The SMILES string of the molecule is O=C(C1CC1)N1C[C@@H]2Cn3c(nn(Cc4ccccc4)c(=O)c3=O)[C@@H]2C1. The first-order chi connectivity index (χ1) is 12.6. The molecular formula is C19H20N4O3. The van der Waals surface area contributed by atoms with Crippen LogP contribution in [0.4, 0.5) is 0 Å². The summed E-state index contributed by atoms with van der Waals surface area (Å²) in [6.07, 6.45) is 1.99. The van der Waals surface area contributed by atoms with Gasteiger partial charge in [-0.25, -0.2) is 4.68 Å². The van der Waals surface area contributed by atoms with Gasteiger partial charge in [0.05, 0.1) is 6.54 Å². The van der Waals surface area contributed by atoms with Crippen LogP contribution in [0.2, 0.25) is 0 Å². The monoisotopic (exact) mass is 352 g/mol. The Kier molecular flexibility index (Phi) is 3.38. The average molecular weight is 352 g/mol. The van der Waals surface area contributed by atoms with Gasteiger partial charge in [0.25, 0.3) is 0 Å². The molecular weight excluding hydrogens is 332 g/mol. The zero-order valence-electron chi connectivity index (χ0n) is 14.4. The average Bonchev–Trinajstić information content (AvgIpc) is 3.33. The summed E-state index contributed by atoms with van der Waals surface area (Å²) in [5, 5.41) is 4.54. The van der Waals surface area contributed by atoms with Gasteiger partial charge in [-0.15, -0.1) is 0 Å². The van der Waals surface area contributed by atoms with Gasteiger partial charge in [-0.1, -0.05) is 30.3 Å². The molecule has 0 N–H and O–H groups in total. The van der Waals surface area contributed by atoms with Crippen LogP contribution < -0.4 is 11.1 Å². The first kappa shape index (κ1) is 15.5. The summed E-state index contributed by atoms with van der Waals surface area (Å²) >= 11 is 0. The zero-order chi connectivity index (χ0) is 17.8. The molecule has 0 bridgehead atoms. The molecule has 2 atom stereocenters. The fraction of sp³-hybridized carbons (Fsp3) is 0.474. The summed E-state index contributed by atoms with van der Waals surface area (Å²) in [5.41, 5.74) is -0.151. The van der Waals surface area contributed by atoms with Crippen LogP contribution in [0.5, 0.6) is 0 Å². The Bertz CT molecular complexity index is 990. The maximum absolute atomic E-state index is 12.5. The zero-order valence-corrected chi connectivity index (χ0v) is 14.4. The number of carbonyl (C=O) groups excluding carboxylic acids is 1. The lowest BCUT2D eigenvalue weighted by Gasteiger charge is -2.18. The summed E-state index contributed by atoms with van der Waals surface area (Å²) in [5.74, 6) is 1.33. The number of rotatable bonds is 3. The Balaban J connectivity index is 1.48. The van der Waals surface area contributed by atoms with Gasteiger partial charge in [-0.05, 0) is 18.4 Å². The van der Waals surface area contributed by atoms with E-state index in [4.69, 9.17) is 0 Å². The summed E-state index contributed by atoms with van der Waals surface area (Å²) in [6, 6.07) is 9.52. The molecule has 1 aliphatic carbocycles. The normalized spacial score (nSPS) is 23.8. The van der Waals surface area contributed by atoms with Crippen LogP contribution in [0.3, 0.4) is 0 Å². The fourth-order valence-electron chi connectivity index (χ4n) is 4.22. The van der Waals surface area contributed by atoms with Gasteiger partial charge in [0.1, 0.15) is 5.82 Å². The van der Waals surface area contributed by atoms with Crippen LogP contribution in [0, 0.1) is 11.8 Å². The number of aromatic nitrogens is 3. The topological polar surface area (TPSA) is 77.2 Å². The van der Waals surface area contributed by atoms with E-state index in [1.54, 1.807) is 0 Å². The van der Waals surface area contributed by atoms with E-state index in [9.17, 15) is 14.4 Å². The molecule has 0 radical (unpaired) electrons. The standard InChI is InChI=1S/C19H20N4O3/c24-17(13-6-7-13)21-9-14-10-22-16(15(14)11-21)20-23(19(26)18(22)25)8-12-4-2-1-3-5-12/h1-5,13-15H,6-11H2/t14-,15-/m1/s1. The Morgan fingerprint density at radius 3 is 2.54 bits per heavy atom. The number of hydrogen-bond donors (Lipinski definition) is 0. The van der Waals surface area contributed by atoms with E-state index in [1.165, 1.54) is 9.25 Å². The Hall–Kier alpha value is -2.70. The molecule has 2 fully saturated rings. The molecule has 1 aromatic carbocycles. The van der Waals surface area contributed by atoms with E-state index in [0.717, 1.165) is 18.4 Å². The van der Waals surface area contributed by atoms with Gasteiger partial charge in [0, 0.05) is 37.4 Å². The van der Waals surface area contributed by atoms with Crippen molar-refractivity contribution in [1.29, 1.82) is 0 Å².